The highest BCUT2D eigenvalue weighted by Gasteiger charge is 2.22. The number of hydrogen-bond acceptors (Lipinski definition) is 5. The minimum atomic E-state index is -0.862. The molecule has 2 aromatic carbocycles. The number of aliphatic hydroxyl groups excluding tert-OH is 1. The van der Waals surface area contributed by atoms with Crippen molar-refractivity contribution >= 4 is 12.2 Å². The molecule has 1 aliphatic rings. The molecule has 1 atom stereocenters. The summed E-state index contributed by atoms with van der Waals surface area (Å²) in [4.78, 5) is 2.25. The van der Waals surface area contributed by atoms with Gasteiger partial charge in [0.2, 0.25) is 4.77 Å². The van der Waals surface area contributed by atoms with Gasteiger partial charge in [0, 0.05) is 18.8 Å². The molecule has 0 radical (unpaired) electrons. The third-order valence-electron chi connectivity index (χ3n) is 4.68. The summed E-state index contributed by atoms with van der Waals surface area (Å²) in [6.45, 7) is 3.70. The van der Waals surface area contributed by atoms with Gasteiger partial charge in [-0.25, -0.2) is 4.68 Å². The molecule has 4 rings (SSSR count). The van der Waals surface area contributed by atoms with E-state index in [1.165, 1.54) is 0 Å². The van der Waals surface area contributed by atoms with Crippen LogP contribution in [0.2, 0.25) is 0 Å². The molecular formula is C20H22N4O2S. The maximum atomic E-state index is 11.0. The molecule has 3 aromatic rings. The average Bonchev–Trinajstić information content (AvgIpc) is 3.05. The van der Waals surface area contributed by atoms with E-state index in [4.69, 9.17) is 22.1 Å². The van der Waals surface area contributed by atoms with Crippen molar-refractivity contribution in [2.24, 2.45) is 0 Å². The Labute approximate surface area is 163 Å². The maximum Gasteiger partial charge on any atom is 0.203 e. The van der Waals surface area contributed by atoms with Crippen molar-refractivity contribution in [1.82, 2.24) is 19.2 Å². The predicted octanol–water partition coefficient (Wildman–Crippen LogP) is 2.77. The quantitative estimate of drug-likeness (QED) is 0.688. The van der Waals surface area contributed by atoms with E-state index < -0.39 is 6.10 Å². The van der Waals surface area contributed by atoms with Crippen LogP contribution in [0, 0.1) is 4.77 Å². The smallest absolute Gasteiger partial charge is 0.203 e. The molecule has 1 N–H and O–H groups in total. The molecule has 1 fully saturated rings. The summed E-state index contributed by atoms with van der Waals surface area (Å²) in [6.07, 6.45) is -0.862. The highest BCUT2D eigenvalue weighted by Crippen LogP contribution is 2.24. The lowest BCUT2D eigenvalue weighted by Crippen LogP contribution is -2.37. The lowest BCUT2D eigenvalue weighted by Gasteiger charge is -2.26. The van der Waals surface area contributed by atoms with Crippen LogP contribution in [0.5, 0.6) is 0 Å². The number of hydrogen-bond donors (Lipinski definition) is 1. The predicted molar refractivity (Wildman–Crippen MR) is 105 cm³/mol. The monoisotopic (exact) mass is 382 g/mol. The lowest BCUT2D eigenvalue weighted by molar-refractivity contribution is 0.0208. The van der Waals surface area contributed by atoms with E-state index in [-0.39, 0.29) is 0 Å². The second-order valence-corrected chi connectivity index (χ2v) is 6.86. The first-order valence-corrected chi connectivity index (χ1v) is 9.43. The zero-order valence-electron chi connectivity index (χ0n) is 14.9. The summed E-state index contributed by atoms with van der Waals surface area (Å²) >= 11 is 5.73. The number of rotatable bonds is 5. The standard InChI is InChI=1S/C20H22N4O2S/c25-18(16-7-3-1-4-8-16)19-21-23(15-22-11-13-26-14-12-22)20(27)24(19)17-9-5-2-6-10-17/h1-10,18,25H,11-15H2. The first-order chi connectivity index (χ1) is 13.2. The average molecular weight is 382 g/mol. The number of aromatic nitrogens is 3. The van der Waals surface area contributed by atoms with Crippen LogP contribution in [0.1, 0.15) is 17.5 Å². The summed E-state index contributed by atoms with van der Waals surface area (Å²) < 4.78 is 9.63. The zero-order chi connectivity index (χ0) is 18.6. The molecule has 0 bridgehead atoms. The van der Waals surface area contributed by atoms with Crippen LogP contribution in [0.3, 0.4) is 0 Å². The number of para-hydroxylation sites is 1. The fourth-order valence-corrected chi connectivity index (χ4v) is 3.53. The van der Waals surface area contributed by atoms with Gasteiger partial charge >= 0.3 is 0 Å². The van der Waals surface area contributed by atoms with Crippen LogP contribution < -0.4 is 0 Å². The van der Waals surface area contributed by atoms with Gasteiger partial charge in [-0.2, -0.15) is 5.10 Å². The maximum absolute atomic E-state index is 11.0. The number of benzene rings is 2. The van der Waals surface area contributed by atoms with Crippen molar-refractivity contribution in [1.29, 1.82) is 0 Å². The Morgan fingerprint density at radius 3 is 2.30 bits per heavy atom. The van der Waals surface area contributed by atoms with Gasteiger partial charge in [-0.3, -0.25) is 9.47 Å². The topological polar surface area (TPSA) is 55.5 Å². The zero-order valence-corrected chi connectivity index (χ0v) is 15.8. The van der Waals surface area contributed by atoms with Crippen molar-refractivity contribution in [2.75, 3.05) is 26.3 Å². The van der Waals surface area contributed by atoms with E-state index in [1.54, 1.807) is 4.68 Å². The van der Waals surface area contributed by atoms with Crippen molar-refractivity contribution in [3.63, 3.8) is 0 Å². The Balaban J connectivity index is 1.76. The molecule has 1 aliphatic heterocycles. The van der Waals surface area contributed by atoms with E-state index >= 15 is 0 Å². The lowest BCUT2D eigenvalue weighted by atomic mass is 10.1. The fourth-order valence-electron chi connectivity index (χ4n) is 3.23. The summed E-state index contributed by atoms with van der Waals surface area (Å²) in [7, 11) is 0. The minimum Gasteiger partial charge on any atom is -0.380 e. The van der Waals surface area contributed by atoms with Crippen molar-refractivity contribution in [2.45, 2.75) is 12.8 Å². The van der Waals surface area contributed by atoms with Gasteiger partial charge in [0.05, 0.1) is 19.9 Å². The largest absolute Gasteiger partial charge is 0.380 e. The Kier molecular flexibility index (Phi) is 5.45. The van der Waals surface area contributed by atoms with Gasteiger partial charge in [-0.05, 0) is 29.9 Å². The summed E-state index contributed by atoms with van der Waals surface area (Å²) in [5, 5.41) is 15.7. The molecule has 6 nitrogen and oxygen atoms in total. The highest BCUT2D eigenvalue weighted by atomic mass is 32.1. The molecule has 1 saturated heterocycles. The van der Waals surface area contributed by atoms with E-state index in [9.17, 15) is 5.11 Å². The van der Waals surface area contributed by atoms with Crippen LogP contribution in [-0.4, -0.2) is 50.7 Å². The van der Waals surface area contributed by atoms with Gasteiger partial charge in [-0.15, -0.1) is 0 Å². The van der Waals surface area contributed by atoms with Crippen molar-refractivity contribution < 1.29 is 9.84 Å². The third kappa shape index (κ3) is 3.86. The van der Waals surface area contributed by atoms with Crippen LogP contribution in [0.15, 0.2) is 60.7 Å². The normalized spacial score (nSPS) is 16.3. The van der Waals surface area contributed by atoms with Gasteiger partial charge < -0.3 is 9.84 Å². The molecule has 0 saturated carbocycles. The van der Waals surface area contributed by atoms with Crippen LogP contribution in [0.25, 0.3) is 5.69 Å². The molecule has 0 amide bonds. The molecule has 0 aliphatic carbocycles. The molecule has 2 heterocycles. The number of ether oxygens (including phenoxy) is 1. The molecule has 0 spiro atoms. The number of morpholine rings is 1. The number of aliphatic hydroxyl groups is 1. The SMILES string of the molecule is OC(c1ccccc1)c1nn(CN2CCOCC2)c(=S)n1-c1ccccc1. The molecule has 1 unspecified atom stereocenters. The van der Waals surface area contributed by atoms with E-state index in [0.717, 1.165) is 24.3 Å². The van der Waals surface area contributed by atoms with Crippen molar-refractivity contribution in [3.05, 3.63) is 76.8 Å². The van der Waals surface area contributed by atoms with Crippen LogP contribution in [-0.2, 0) is 11.4 Å². The Bertz CT molecular complexity index is 934. The summed E-state index contributed by atoms with van der Waals surface area (Å²) in [5.74, 6) is 0.519. The molecule has 140 valence electrons. The summed E-state index contributed by atoms with van der Waals surface area (Å²) in [5.41, 5.74) is 1.67. The van der Waals surface area contributed by atoms with Crippen molar-refractivity contribution in [3.8, 4) is 5.69 Å². The van der Waals surface area contributed by atoms with Crippen LogP contribution >= 0.6 is 12.2 Å². The van der Waals surface area contributed by atoms with Gasteiger partial charge in [0.1, 0.15) is 6.10 Å². The van der Waals surface area contributed by atoms with E-state index in [2.05, 4.69) is 4.90 Å². The highest BCUT2D eigenvalue weighted by molar-refractivity contribution is 7.71. The van der Waals surface area contributed by atoms with E-state index in [0.29, 0.717) is 30.5 Å². The third-order valence-corrected chi connectivity index (χ3v) is 5.07. The summed E-state index contributed by atoms with van der Waals surface area (Å²) in [6, 6.07) is 19.3. The minimum absolute atomic E-state index is 0.519. The fraction of sp³-hybridized carbons (Fsp3) is 0.300. The molecule has 7 heteroatoms. The van der Waals surface area contributed by atoms with Gasteiger partial charge in [0.15, 0.2) is 5.82 Å². The Morgan fingerprint density at radius 1 is 1.00 bits per heavy atom. The molecule has 1 aromatic heterocycles. The first kappa shape index (κ1) is 18.1. The van der Waals surface area contributed by atoms with Crippen LogP contribution in [0.4, 0.5) is 0 Å². The van der Waals surface area contributed by atoms with E-state index in [1.807, 2.05) is 65.2 Å². The molecular weight excluding hydrogens is 360 g/mol. The second kappa shape index (κ2) is 8.14. The molecule has 27 heavy (non-hydrogen) atoms. The van der Waals surface area contributed by atoms with Gasteiger partial charge in [-0.1, -0.05) is 48.5 Å². The first-order valence-electron chi connectivity index (χ1n) is 9.02. The Morgan fingerprint density at radius 2 is 1.63 bits per heavy atom. The second-order valence-electron chi connectivity index (χ2n) is 6.50. The Hall–Kier alpha value is -2.32. The van der Waals surface area contributed by atoms with Gasteiger partial charge in [0.25, 0.3) is 0 Å². The number of nitrogens with zero attached hydrogens (tertiary/aromatic N) is 4.